The summed E-state index contributed by atoms with van der Waals surface area (Å²) in [5.41, 5.74) is 4.71. The van der Waals surface area contributed by atoms with E-state index in [0.717, 1.165) is 11.1 Å². The molecule has 1 saturated heterocycles. The summed E-state index contributed by atoms with van der Waals surface area (Å²) >= 11 is 7.32. The first-order chi connectivity index (χ1) is 16.3. The van der Waals surface area contributed by atoms with Gasteiger partial charge in [0.2, 0.25) is 16.7 Å². The molecule has 0 radical (unpaired) electrons. The van der Waals surface area contributed by atoms with Crippen molar-refractivity contribution in [2.45, 2.75) is 18.7 Å². The van der Waals surface area contributed by atoms with Gasteiger partial charge in [0.25, 0.3) is 5.91 Å². The quantitative estimate of drug-likeness (QED) is 0.565. The first kappa shape index (κ1) is 22.5. The summed E-state index contributed by atoms with van der Waals surface area (Å²) in [5.74, 6) is -0.615. The molecule has 0 bridgehead atoms. The Hall–Kier alpha value is -3.29. The summed E-state index contributed by atoms with van der Waals surface area (Å²) in [7, 11) is 0. The highest BCUT2D eigenvalue weighted by Crippen LogP contribution is 2.55. The highest BCUT2D eigenvalue weighted by atomic mass is 35.5. The van der Waals surface area contributed by atoms with Gasteiger partial charge in [0.15, 0.2) is 0 Å². The normalized spacial score (nSPS) is 19.1. The second-order valence-electron chi connectivity index (χ2n) is 8.40. The third-order valence-corrected chi connectivity index (χ3v) is 7.84. The van der Waals surface area contributed by atoms with Crippen molar-refractivity contribution in [1.82, 2.24) is 0 Å². The maximum atomic E-state index is 14.0. The smallest absolute Gasteiger partial charge is 0.269 e. The average molecular weight is 492 g/mol. The monoisotopic (exact) mass is 491 g/mol. The Balaban J connectivity index is 1.53. The van der Waals surface area contributed by atoms with Crippen LogP contribution in [-0.2, 0) is 19.3 Å². The number of rotatable bonds is 4. The van der Waals surface area contributed by atoms with Crippen molar-refractivity contribution < 1.29 is 14.4 Å². The van der Waals surface area contributed by atoms with E-state index in [1.165, 1.54) is 16.7 Å². The van der Waals surface area contributed by atoms with Crippen LogP contribution in [0, 0.1) is 13.8 Å². The van der Waals surface area contributed by atoms with Gasteiger partial charge in [-0.2, -0.15) is 0 Å². The first-order valence-electron chi connectivity index (χ1n) is 10.8. The molecule has 3 amide bonds. The molecule has 1 atom stereocenters. The standard InChI is InChI=1S/C26H22ClN3O3S/c1-16-10-11-20(12-17(16)2)30-24(32)15-34-26(30)21-8-3-4-9-22(21)29(25(26)33)14-23(31)28-19-7-5-6-18(27)13-19/h3-13H,14-15H2,1-2H3,(H,28,31). The van der Waals surface area contributed by atoms with E-state index < -0.39 is 4.87 Å². The molecular weight excluding hydrogens is 470 g/mol. The second kappa shape index (κ2) is 8.49. The molecule has 3 aromatic carbocycles. The number of carbonyl (C=O) groups excluding carboxylic acids is 3. The van der Waals surface area contributed by atoms with Crippen LogP contribution in [0.5, 0.6) is 0 Å². The predicted octanol–water partition coefficient (Wildman–Crippen LogP) is 4.87. The van der Waals surface area contributed by atoms with Crippen LogP contribution >= 0.6 is 23.4 Å². The molecule has 6 nitrogen and oxygen atoms in total. The van der Waals surface area contributed by atoms with Crippen molar-refractivity contribution in [3.05, 3.63) is 88.4 Å². The fraction of sp³-hybridized carbons (Fsp3) is 0.192. The highest BCUT2D eigenvalue weighted by molar-refractivity contribution is 8.02. The Bertz CT molecular complexity index is 1340. The third-order valence-electron chi connectivity index (χ3n) is 6.22. The van der Waals surface area contributed by atoms with Crippen molar-refractivity contribution in [2.75, 3.05) is 27.4 Å². The molecule has 1 spiro atoms. The van der Waals surface area contributed by atoms with E-state index in [2.05, 4.69) is 5.32 Å². The van der Waals surface area contributed by atoms with Crippen LogP contribution in [0.3, 0.4) is 0 Å². The number of nitrogens with zero attached hydrogens (tertiary/aromatic N) is 2. The SMILES string of the molecule is Cc1ccc(N2C(=O)CSC23C(=O)N(CC(=O)Nc2cccc(Cl)c2)c2ccccc23)cc1C. The number of thioether (sulfide) groups is 1. The maximum Gasteiger partial charge on any atom is 0.269 e. The summed E-state index contributed by atoms with van der Waals surface area (Å²) in [5, 5.41) is 3.30. The number of fused-ring (bicyclic) bond motifs is 2. The third kappa shape index (κ3) is 3.56. The van der Waals surface area contributed by atoms with E-state index >= 15 is 0 Å². The Morgan fingerprint density at radius 2 is 1.82 bits per heavy atom. The van der Waals surface area contributed by atoms with Gasteiger partial charge in [-0.3, -0.25) is 24.2 Å². The number of halogens is 1. The van der Waals surface area contributed by atoms with Gasteiger partial charge in [-0.05, 0) is 61.4 Å². The minimum absolute atomic E-state index is 0.137. The van der Waals surface area contributed by atoms with E-state index in [0.29, 0.717) is 27.6 Å². The number of amides is 3. The van der Waals surface area contributed by atoms with Crippen molar-refractivity contribution in [2.24, 2.45) is 0 Å². The molecule has 8 heteroatoms. The van der Waals surface area contributed by atoms with Gasteiger partial charge < -0.3 is 5.32 Å². The number of para-hydroxylation sites is 1. The zero-order valence-electron chi connectivity index (χ0n) is 18.7. The van der Waals surface area contributed by atoms with E-state index in [1.54, 1.807) is 29.2 Å². The minimum atomic E-state index is -1.24. The van der Waals surface area contributed by atoms with Crippen LogP contribution in [0.2, 0.25) is 5.02 Å². The zero-order chi connectivity index (χ0) is 24.0. The van der Waals surface area contributed by atoms with Crippen molar-refractivity contribution in [3.8, 4) is 0 Å². The zero-order valence-corrected chi connectivity index (χ0v) is 20.2. The second-order valence-corrected chi connectivity index (χ2v) is 10.0. The fourth-order valence-electron chi connectivity index (χ4n) is 4.49. The lowest BCUT2D eigenvalue weighted by molar-refractivity contribution is -0.124. The number of hydrogen-bond acceptors (Lipinski definition) is 4. The van der Waals surface area contributed by atoms with Gasteiger partial charge in [0, 0.05) is 22.0 Å². The van der Waals surface area contributed by atoms with Crippen LogP contribution in [-0.4, -0.2) is 30.0 Å². The first-order valence-corrected chi connectivity index (χ1v) is 12.2. The fourth-order valence-corrected chi connectivity index (χ4v) is 6.04. The van der Waals surface area contributed by atoms with Crippen molar-refractivity contribution in [1.29, 1.82) is 0 Å². The molecule has 1 unspecified atom stereocenters. The lowest BCUT2D eigenvalue weighted by Gasteiger charge is -2.33. The molecule has 5 rings (SSSR count). The topological polar surface area (TPSA) is 69.7 Å². The largest absolute Gasteiger partial charge is 0.324 e. The molecule has 3 aromatic rings. The van der Waals surface area contributed by atoms with Crippen LogP contribution in [0.4, 0.5) is 17.1 Å². The minimum Gasteiger partial charge on any atom is -0.324 e. The molecular formula is C26H22ClN3O3S. The number of nitrogens with one attached hydrogen (secondary N) is 1. The number of hydrogen-bond donors (Lipinski definition) is 1. The van der Waals surface area contributed by atoms with Gasteiger partial charge in [-0.25, -0.2) is 0 Å². The van der Waals surface area contributed by atoms with Crippen LogP contribution in [0.15, 0.2) is 66.7 Å². The predicted molar refractivity (Wildman–Crippen MR) is 136 cm³/mol. The molecule has 34 heavy (non-hydrogen) atoms. The molecule has 1 N–H and O–H groups in total. The van der Waals surface area contributed by atoms with E-state index in [-0.39, 0.29) is 30.0 Å². The van der Waals surface area contributed by atoms with Crippen molar-refractivity contribution >= 4 is 58.1 Å². The average Bonchev–Trinajstić information content (AvgIpc) is 3.27. The molecule has 1 fully saturated rings. The Morgan fingerprint density at radius 1 is 1.03 bits per heavy atom. The van der Waals surface area contributed by atoms with Crippen molar-refractivity contribution in [3.63, 3.8) is 0 Å². The van der Waals surface area contributed by atoms with Gasteiger partial charge in [0.1, 0.15) is 6.54 Å². The van der Waals surface area contributed by atoms with E-state index in [9.17, 15) is 14.4 Å². The Labute approximate surface area is 206 Å². The number of anilines is 3. The summed E-state index contributed by atoms with van der Waals surface area (Å²) in [6.45, 7) is 3.81. The van der Waals surface area contributed by atoms with Gasteiger partial charge in [0.05, 0.1) is 11.4 Å². The Morgan fingerprint density at radius 3 is 2.59 bits per heavy atom. The lowest BCUT2D eigenvalue weighted by Crippen LogP contribution is -2.50. The summed E-state index contributed by atoms with van der Waals surface area (Å²) in [6, 6.07) is 20.0. The molecule has 2 heterocycles. The number of aryl methyl sites for hydroxylation is 2. The summed E-state index contributed by atoms with van der Waals surface area (Å²) < 4.78 is 0. The highest BCUT2D eigenvalue weighted by Gasteiger charge is 2.61. The van der Waals surface area contributed by atoms with Crippen LogP contribution in [0.25, 0.3) is 0 Å². The molecule has 2 aliphatic rings. The summed E-state index contributed by atoms with van der Waals surface area (Å²) in [4.78, 5) is 41.9. The van der Waals surface area contributed by atoms with Crippen LogP contribution < -0.4 is 15.1 Å². The molecule has 2 aliphatic heterocycles. The van der Waals surface area contributed by atoms with Crippen LogP contribution in [0.1, 0.15) is 16.7 Å². The van der Waals surface area contributed by atoms with Gasteiger partial charge in [-0.15, -0.1) is 11.8 Å². The van der Waals surface area contributed by atoms with E-state index in [1.807, 2.05) is 56.3 Å². The van der Waals surface area contributed by atoms with Gasteiger partial charge >= 0.3 is 0 Å². The number of carbonyl (C=O) groups is 3. The molecule has 0 aliphatic carbocycles. The maximum absolute atomic E-state index is 14.0. The lowest BCUT2D eigenvalue weighted by atomic mass is 10.0. The summed E-state index contributed by atoms with van der Waals surface area (Å²) in [6.07, 6.45) is 0. The van der Waals surface area contributed by atoms with E-state index in [4.69, 9.17) is 11.6 Å². The van der Waals surface area contributed by atoms with Gasteiger partial charge in [-0.1, -0.05) is 41.9 Å². The number of benzene rings is 3. The molecule has 0 saturated carbocycles. The molecule has 0 aromatic heterocycles. The Kier molecular flexibility index (Phi) is 5.62. The molecule has 172 valence electrons.